The first-order chi connectivity index (χ1) is 16.8. The van der Waals surface area contributed by atoms with Gasteiger partial charge in [0.25, 0.3) is 0 Å². The first-order valence-electron chi connectivity index (χ1n) is 11.7. The number of pyridine rings is 2. The van der Waals surface area contributed by atoms with Crippen LogP contribution in [-0.2, 0) is 0 Å². The van der Waals surface area contributed by atoms with Gasteiger partial charge < -0.3 is 19.5 Å². The van der Waals surface area contributed by atoms with Gasteiger partial charge >= 0.3 is 0 Å². The average molecular weight is 459 g/mol. The summed E-state index contributed by atoms with van der Waals surface area (Å²) in [7, 11) is 0. The summed E-state index contributed by atoms with van der Waals surface area (Å²) in [5, 5.41) is 7.97. The molecule has 6 rings (SSSR count). The van der Waals surface area contributed by atoms with Gasteiger partial charge in [-0.3, -0.25) is 4.90 Å². The lowest BCUT2D eigenvalue weighted by atomic mass is 10.1. The molecule has 9 heteroatoms. The molecule has 1 fully saturated rings. The van der Waals surface area contributed by atoms with Crippen molar-refractivity contribution in [3.05, 3.63) is 54.7 Å². The van der Waals surface area contributed by atoms with Crippen LogP contribution in [0.2, 0.25) is 0 Å². The summed E-state index contributed by atoms with van der Waals surface area (Å²) in [6.45, 7) is 4.99. The van der Waals surface area contributed by atoms with Gasteiger partial charge in [-0.15, -0.1) is 5.10 Å². The van der Waals surface area contributed by atoms with E-state index in [1.807, 2.05) is 53.0 Å². The van der Waals surface area contributed by atoms with Crippen molar-refractivity contribution in [1.29, 1.82) is 0 Å². The highest BCUT2D eigenvalue weighted by atomic mass is 16.6. The highest BCUT2D eigenvalue weighted by Gasteiger charge is 2.15. The largest absolute Gasteiger partial charge is 0.486 e. The van der Waals surface area contributed by atoms with Crippen LogP contribution in [0.15, 0.2) is 54.7 Å². The van der Waals surface area contributed by atoms with Gasteiger partial charge in [0.15, 0.2) is 17.1 Å². The van der Waals surface area contributed by atoms with Crippen molar-refractivity contribution in [2.75, 3.05) is 44.8 Å². The molecule has 2 aliphatic rings. The normalized spacial score (nSPS) is 15.5. The van der Waals surface area contributed by atoms with Crippen LogP contribution in [0.3, 0.4) is 0 Å². The van der Waals surface area contributed by atoms with E-state index in [4.69, 9.17) is 19.3 Å². The minimum absolute atomic E-state index is 0.499. The highest BCUT2D eigenvalue weighted by Crippen LogP contribution is 2.34. The molecule has 0 unspecified atom stereocenters. The Kier molecular flexibility index (Phi) is 5.60. The van der Waals surface area contributed by atoms with Crippen LogP contribution in [0.5, 0.6) is 17.4 Å². The zero-order valence-electron chi connectivity index (χ0n) is 18.8. The Morgan fingerprint density at radius 2 is 1.85 bits per heavy atom. The number of benzene rings is 1. The third-order valence-electron chi connectivity index (χ3n) is 6.04. The van der Waals surface area contributed by atoms with E-state index in [1.165, 1.54) is 12.8 Å². The second-order valence-electron chi connectivity index (χ2n) is 8.38. The molecular weight excluding hydrogens is 432 g/mol. The van der Waals surface area contributed by atoms with Crippen LogP contribution in [0, 0.1) is 0 Å². The van der Waals surface area contributed by atoms with Crippen LogP contribution in [0.25, 0.3) is 16.9 Å². The second-order valence-corrected chi connectivity index (χ2v) is 8.38. The first kappa shape index (κ1) is 20.7. The number of anilines is 2. The molecule has 1 saturated heterocycles. The van der Waals surface area contributed by atoms with Crippen molar-refractivity contribution in [1.82, 2.24) is 24.5 Å². The van der Waals surface area contributed by atoms with Crippen molar-refractivity contribution >= 4 is 17.3 Å². The minimum Gasteiger partial charge on any atom is -0.486 e. The fourth-order valence-corrected chi connectivity index (χ4v) is 4.36. The molecule has 3 aromatic heterocycles. The molecule has 0 aliphatic carbocycles. The third kappa shape index (κ3) is 4.34. The Morgan fingerprint density at radius 3 is 2.76 bits per heavy atom. The van der Waals surface area contributed by atoms with Crippen LogP contribution in [0.4, 0.5) is 11.6 Å². The predicted octanol–water partition coefficient (Wildman–Crippen LogP) is 3.78. The number of likely N-dealkylation sites (tertiary alicyclic amines) is 1. The number of rotatable bonds is 7. The molecule has 0 saturated carbocycles. The van der Waals surface area contributed by atoms with Crippen LogP contribution in [-0.4, -0.2) is 63.9 Å². The Labute approximate surface area is 197 Å². The van der Waals surface area contributed by atoms with Crippen LogP contribution < -0.4 is 19.5 Å². The Hall–Kier alpha value is -3.85. The fourth-order valence-electron chi connectivity index (χ4n) is 4.36. The third-order valence-corrected chi connectivity index (χ3v) is 6.04. The van der Waals surface area contributed by atoms with Gasteiger partial charge in [-0.2, -0.15) is 4.98 Å². The maximum absolute atomic E-state index is 5.87. The summed E-state index contributed by atoms with van der Waals surface area (Å²) in [6.07, 6.45) is 4.28. The molecule has 1 aromatic carbocycles. The van der Waals surface area contributed by atoms with Crippen molar-refractivity contribution in [2.24, 2.45) is 0 Å². The van der Waals surface area contributed by atoms with Gasteiger partial charge in [0.2, 0.25) is 11.8 Å². The van der Waals surface area contributed by atoms with Crippen molar-refractivity contribution in [3.8, 4) is 28.6 Å². The number of hydrogen-bond donors (Lipinski definition) is 1. The monoisotopic (exact) mass is 458 g/mol. The van der Waals surface area contributed by atoms with Crippen molar-refractivity contribution in [2.45, 2.75) is 12.8 Å². The zero-order valence-corrected chi connectivity index (χ0v) is 18.8. The summed E-state index contributed by atoms with van der Waals surface area (Å²) in [5.41, 5.74) is 3.45. The Morgan fingerprint density at radius 1 is 0.971 bits per heavy atom. The summed E-state index contributed by atoms with van der Waals surface area (Å²) in [4.78, 5) is 11.4. The van der Waals surface area contributed by atoms with Gasteiger partial charge in [-0.25, -0.2) is 9.50 Å². The van der Waals surface area contributed by atoms with Gasteiger partial charge in [0.05, 0.1) is 5.69 Å². The number of aromatic nitrogens is 4. The van der Waals surface area contributed by atoms with E-state index in [1.54, 1.807) is 6.20 Å². The highest BCUT2D eigenvalue weighted by molar-refractivity contribution is 5.68. The topological polar surface area (TPSA) is 86.0 Å². The summed E-state index contributed by atoms with van der Waals surface area (Å²) >= 11 is 0. The van der Waals surface area contributed by atoms with Crippen molar-refractivity contribution in [3.63, 3.8) is 0 Å². The van der Waals surface area contributed by atoms with Crippen molar-refractivity contribution < 1.29 is 14.2 Å². The van der Waals surface area contributed by atoms with Gasteiger partial charge in [0.1, 0.15) is 19.8 Å². The van der Waals surface area contributed by atoms with E-state index < -0.39 is 0 Å². The van der Waals surface area contributed by atoms with E-state index in [-0.39, 0.29) is 0 Å². The molecule has 4 aromatic rings. The smallest absolute Gasteiger partial charge is 0.247 e. The standard InChI is InChI=1S/C25H26N6O3/c1-2-11-30(10-1)12-13-34-24-17-19(8-9-26-24)27-25-28-23-5-3-4-20(31(23)29-25)18-6-7-21-22(16-18)33-15-14-32-21/h3-9,16-17H,1-2,10-15H2,(H,26,27,29). The van der Waals surface area contributed by atoms with Gasteiger partial charge in [-0.1, -0.05) is 6.07 Å². The molecule has 0 bridgehead atoms. The van der Waals surface area contributed by atoms with E-state index >= 15 is 0 Å². The number of hydrogen-bond acceptors (Lipinski definition) is 8. The fraction of sp³-hybridized carbons (Fsp3) is 0.320. The Bertz CT molecular complexity index is 1300. The molecular formula is C25H26N6O3. The molecule has 9 nitrogen and oxygen atoms in total. The van der Waals surface area contributed by atoms with E-state index in [9.17, 15) is 0 Å². The van der Waals surface area contributed by atoms with E-state index in [0.717, 1.165) is 53.7 Å². The van der Waals surface area contributed by atoms with Crippen LogP contribution >= 0.6 is 0 Å². The molecule has 2 aliphatic heterocycles. The summed E-state index contributed by atoms with van der Waals surface area (Å²) in [5.74, 6) is 2.59. The molecule has 0 atom stereocenters. The second kappa shape index (κ2) is 9.18. The van der Waals surface area contributed by atoms with E-state index in [2.05, 4.69) is 20.2 Å². The molecule has 34 heavy (non-hydrogen) atoms. The Balaban J connectivity index is 1.20. The zero-order chi connectivity index (χ0) is 22.7. The van der Waals surface area contributed by atoms with Gasteiger partial charge in [0, 0.05) is 30.1 Å². The lowest BCUT2D eigenvalue weighted by molar-refractivity contribution is 0.171. The number of nitrogens with one attached hydrogen (secondary N) is 1. The maximum Gasteiger partial charge on any atom is 0.247 e. The van der Waals surface area contributed by atoms with E-state index in [0.29, 0.717) is 31.6 Å². The molecule has 0 spiro atoms. The molecule has 174 valence electrons. The SMILES string of the molecule is c1cc(-c2ccc3c(c2)OCCO3)n2nc(Nc3ccnc(OCCN4CCCC4)c3)nc2c1. The number of fused-ring (bicyclic) bond motifs is 2. The van der Waals surface area contributed by atoms with Crippen LogP contribution in [0.1, 0.15) is 12.8 Å². The molecule has 5 heterocycles. The predicted molar refractivity (Wildman–Crippen MR) is 128 cm³/mol. The molecule has 0 amide bonds. The minimum atomic E-state index is 0.499. The first-order valence-corrected chi connectivity index (χ1v) is 11.7. The summed E-state index contributed by atoms with van der Waals surface area (Å²) < 4.78 is 19.1. The lowest BCUT2D eigenvalue weighted by Crippen LogP contribution is -2.25. The molecule has 0 radical (unpaired) electrons. The number of nitrogens with zero attached hydrogens (tertiary/aromatic N) is 5. The summed E-state index contributed by atoms with van der Waals surface area (Å²) in [6, 6.07) is 15.6. The average Bonchev–Trinajstić information content (AvgIpc) is 3.53. The molecule has 1 N–H and O–H groups in total. The van der Waals surface area contributed by atoms with Gasteiger partial charge in [-0.05, 0) is 62.3 Å². The quantitative estimate of drug-likeness (QED) is 0.448. The lowest BCUT2D eigenvalue weighted by Gasteiger charge is -2.19. The maximum atomic E-state index is 5.87. The number of ether oxygens (including phenoxy) is 3.